The Morgan fingerprint density at radius 3 is 2.37 bits per heavy atom. The van der Waals surface area contributed by atoms with Gasteiger partial charge in [0, 0.05) is 50.9 Å². The molecule has 3 aliphatic rings. The molecule has 7 nitrogen and oxygen atoms in total. The van der Waals surface area contributed by atoms with Gasteiger partial charge in [-0.15, -0.1) is 0 Å². The van der Waals surface area contributed by atoms with Gasteiger partial charge in [0.25, 0.3) is 5.91 Å². The molecule has 2 aromatic rings. The molecule has 0 bridgehead atoms. The Labute approximate surface area is 207 Å². The molecule has 0 unspecified atom stereocenters. The number of nitrogens with zero attached hydrogens (tertiary/aromatic N) is 3. The van der Waals surface area contributed by atoms with E-state index >= 15 is 0 Å². The highest BCUT2D eigenvalue weighted by atomic mass is 16.6. The first kappa shape index (κ1) is 23.8. The second-order valence-electron chi connectivity index (χ2n) is 10.8. The minimum Gasteiger partial charge on any atom is -0.444 e. The Morgan fingerprint density at radius 2 is 1.63 bits per heavy atom. The Morgan fingerprint density at radius 1 is 0.943 bits per heavy atom. The molecule has 186 valence electrons. The van der Waals surface area contributed by atoms with E-state index in [-0.39, 0.29) is 18.0 Å². The van der Waals surface area contributed by atoms with Crippen LogP contribution in [-0.2, 0) is 35.5 Å². The molecule has 1 saturated heterocycles. The predicted octanol–water partition coefficient (Wildman–Crippen LogP) is 3.84. The van der Waals surface area contributed by atoms with Crippen molar-refractivity contribution in [3.63, 3.8) is 0 Å². The van der Waals surface area contributed by atoms with Gasteiger partial charge in [-0.2, -0.15) is 0 Å². The summed E-state index contributed by atoms with van der Waals surface area (Å²) in [6, 6.07) is 14.4. The largest absolute Gasteiger partial charge is 0.444 e. The van der Waals surface area contributed by atoms with E-state index in [0.717, 1.165) is 50.4 Å². The van der Waals surface area contributed by atoms with E-state index < -0.39 is 5.60 Å². The zero-order chi connectivity index (χ0) is 24.6. The Balaban J connectivity index is 1.35. The molecule has 0 radical (unpaired) electrons. The minimum absolute atomic E-state index is 0.0521. The number of carbonyl (C=O) groups excluding carboxylic acids is 2. The summed E-state index contributed by atoms with van der Waals surface area (Å²) < 4.78 is 11.1. The highest BCUT2D eigenvalue weighted by molar-refractivity contribution is 5.95. The van der Waals surface area contributed by atoms with Crippen LogP contribution in [0.4, 0.5) is 4.79 Å². The quantitative estimate of drug-likeness (QED) is 0.672. The second kappa shape index (κ2) is 9.63. The van der Waals surface area contributed by atoms with Crippen LogP contribution < -0.4 is 0 Å². The van der Waals surface area contributed by atoms with Crippen molar-refractivity contribution in [1.29, 1.82) is 0 Å². The van der Waals surface area contributed by atoms with E-state index in [1.54, 1.807) is 4.90 Å². The Bertz CT molecular complexity index is 1100. The summed E-state index contributed by atoms with van der Waals surface area (Å²) in [6.07, 6.45) is 0.538. The first-order valence-electron chi connectivity index (χ1n) is 12.5. The molecule has 2 amide bonds. The van der Waals surface area contributed by atoms with Crippen LogP contribution in [0.15, 0.2) is 42.5 Å². The van der Waals surface area contributed by atoms with Gasteiger partial charge in [-0.05, 0) is 61.6 Å². The van der Waals surface area contributed by atoms with Crippen molar-refractivity contribution in [1.82, 2.24) is 14.7 Å². The molecule has 1 fully saturated rings. The molecule has 35 heavy (non-hydrogen) atoms. The number of rotatable bonds is 3. The van der Waals surface area contributed by atoms with Gasteiger partial charge < -0.3 is 14.4 Å². The molecule has 0 aromatic heterocycles. The summed E-state index contributed by atoms with van der Waals surface area (Å²) in [5, 5.41) is 0. The first-order valence-corrected chi connectivity index (χ1v) is 12.5. The number of hydrogen-bond donors (Lipinski definition) is 0. The van der Waals surface area contributed by atoms with Crippen molar-refractivity contribution in [3.8, 4) is 0 Å². The zero-order valence-electron chi connectivity index (χ0n) is 21.0. The summed E-state index contributed by atoms with van der Waals surface area (Å²) in [5.41, 5.74) is 4.78. The molecule has 3 heterocycles. The lowest BCUT2D eigenvalue weighted by Gasteiger charge is -2.40. The van der Waals surface area contributed by atoms with Crippen molar-refractivity contribution >= 4 is 12.0 Å². The summed E-state index contributed by atoms with van der Waals surface area (Å²) in [6.45, 7) is 11.3. The number of fused-ring (bicyclic) bond motifs is 2. The fourth-order valence-corrected chi connectivity index (χ4v) is 5.22. The van der Waals surface area contributed by atoms with Gasteiger partial charge in [0.2, 0.25) is 0 Å². The maximum Gasteiger partial charge on any atom is 0.410 e. The lowest BCUT2D eigenvalue weighted by Crippen LogP contribution is -2.52. The lowest BCUT2D eigenvalue weighted by atomic mass is 9.92. The molecule has 0 saturated carbocycles. The predicted molar refractivity (Wildman–Crippen MR) is 133 cm³/mol. The van der Waals surface area contributed by atoms with Crippen molar-refractivity contribution in [2.24, 2.45) is 0 Å². The maximum absolute atomic E-state index is 13.8. The van der Waals surface area contributed by atoms with E-state index in [4.69, 9.17) is 9.47 Å². The molecule has 2 aromatic carbocycles. The molecule has 0 aliphatic carbocycles. The highest BCUT2D eigenvalue weighted by Gasteiger charge is 2.33. The Hall–Kier alpha value is -2.90. The average Bonchev–Trinajstić information content (AvgIpc) is 3.27. The molecule has 7 heteroatoms. The van der Waals surface area contributed by atoms with Gasteiger partial charge >= 0.3 is 6.09 Å². The van der Waals surface area contributed by atoms with Crippen LogP contribution in [0.1, 0.15) is 53.4 Å². The van der Waals surface area contributed by atoms with Gasteiger partial charge in [0.1, 0.15) is 5.60 Å². The summed E-state index contributed by atoms with van der Waals surface area (Å²) >= 11 is 0. The minimum atomic E-state index is -0.535. The van der Waals surface area contributed by atoms with E-state index in [9.17, 15) is 9.59 Å². The van der Waals surface area contributed by atoms with Crippen LogP contribution in [0.3, 0.4) is 0 Å². The third-order valence-corrected chi connectivity index (χ3v) is 7.02. The number of hydrogen-bond acceptors (Lipinski definition) is 5. The van der Waals surface area contributed by atoms with E-state index in [1.807, 2.05) is 49.9 Å². The number of morpholine rings is 1. The van der Waals surface area contributed by atoms with Gasteiger partial charge in [-0.3, -0.25) is 14.6 Å². The van der Waals surface area contributed by atoms with Crippen LogP contribution in [-0.4, -0.2) is 71.2 Å². The molecular formula is C28H35N3O4. The van der Waals surface area contributed by atoms with Crippen molar-refractivity contribution in [2.45, 2.75) is 58.5 Å². The molecule has 0 N–H and O–H groups in total. The van der Waals surface area contributed by atoms with Crippen LogP contribution >= 0.6 is 0 Å². The number of ether oxygens (including phenoxy) is 2. The van der Waals surface area contributed by atoms with E-state index in [0.29, 0.717) is 25.2 Å². The topological polar surface area (TPSA) is 62.3 Å². The summed E-state index contributed by atoms with van der Waals surface area (Å²) in [5.74, 6) is 0.0521. The molecular weight excluding hydrogens is 442 g/mol. The van der Waals surface area contributed by atoms with Crippen LogP contribution in [0, 0.1) is 0 Å². The maximum atomic E-state index is 13.8. The summed E-state index contributed by atoms with van der Waals surface area (Å²) in [7, 11) is 0. The molecule has 1 atom stereocenters. The number of amides is 2. The molecule has 3 aliphatic heterocycles. The smallest absolute Gasteiger partial charge is 0.410 e. The SMILES string of the molecule is CC(C)(C)OC(=O)N1Cc2ccc(C(=O)N3Cc4ccccc4C[C@H]3CN3CCOCC3)cc2C1. The van der Waals surface area contributed by atoms with Crippen LogP contribution in [0.5, 0.6) is 0 Å². The Kier molecular flexibility index (Phi) is 6.55. The van der Waals surface area contributed by atoms with Gasteiger partial charge in [-0.1, -0.05) is 30.3 Å². The van der Waals surface area contributed by atoms with Gasteiger partial charge in [-0.25, -0.2) is 4.79 Å². The summed E-state index contributed by atoms with van der Waals surface area (Å²) in [4.78, 5) is 32.5. The zero-order valence-corrected chi connectivity index (χ0v) is 21.0. The first-order chi connectivity index (χ1) is 16.8. The van der Waals surface area contributed by atoms with Gasteiger partial charge in [0.05, 0.1) is 13.2 Å². The molecule has 5 rings (SSSR count). The standard InChI is InChI=1S/C28H35N3O4/c1-28(2,3)35-27(33)30-16-23-9-8-21(14-24(23)17-30)26(32)31-18-22-7-5-4-6-20(22)15-25(31)19-29-10-12-34-13-11-29/h4-9,14,25H,10-13,15-19H2,1-3H3/t25-/m0/s1. The van der Waals surface area contributed by atoms with E-state index in [2.05, 4.69) is 23.1 Å². The van der Waals surface area contributed by atoms with Crippen molar-refractivity contribution in [2.75, 3.05) is 32.8 Å². The number of benzene rings is 2. The lowest BCUT2D eigenvalue weighted by molar-refractivity contribution is 0.0192. The third-order valence-electron chi connectivity index (χ3n) is 7.02. The van der Waals surface area contributed by atoms with Crippen LogP contribution in [0.2, 0.25) is 0 Å². The average molecular weight is 478 g/mol. The molecule has 0 spiro atoms. The fourth-order valence-electron chi connectivity index (χ4n) is 5.22. The van der Waals surface area contributed by atoms with Crippen molar-refractivity contribution < 1.29 is 19.1 Å². The normalized spacial score (nSPS) is 20.4. The second-order valence-corrected chi connectivity index (χ2v) is 10.8. The van der Waals surface area contributed by atoms with Crippen molar-refractivity contribution in [3.05, 3.63) is 70.3 Å². The highest BCUT2D eigenvalue weighted by Crippen LogP contribution is 2.29. The fraction of sp³-hybridized carbons (Fsp3) is 0.500. The van der Waals surface area contributed by atoms with Crippen LogP contribution in [0.25, 0.3) is 0 Å². The van der Waals surface area contributed by atoms with E-state index in [1.165, 1.54) is 11.1 Å². The van der Waals surface area contributed by atoms with Gasteiger partial charge in [0.15, 0.2) is 0 Å². The third kappa shape index (κ3) is 5.36. The monoisotopic (exact) mass is 477 g/mol. The number of carbonyl (C=O) groups is 2.